The number of likely N-dealkylation sites (tertiary alicyclic amines) is 1. The number of aryl methyl sites for hydroxylation is 1. The van der Waals surface area contributed by atoms with E-state index >= 15 is 0 Å². The van der Waals surface area contributed by atoms with Gasteiger partial charge in [0, 0.05) is 5.54 Å². The minimum atomic E-state index is -0.244. The van der Waals surface area contributed by atoms with Crippen molar-refractivity contribution in [1.82, 2.24) is 4.90 Å². The van der Waals surface area contributed by atoms with Crippen molar-refractivity contribution >= 4 is 0 Å². The number of aliphatic hydroxyl groups excluding tert-OH is 1. The Balaban J connectivity index is 1.72. The summed E-state index contributed by atoms with van der Waals surface area (Å²) in [4.78, 5) is 2.48. The van der Waals surface area contributed by atoms with Gasteiger partial charge in [0.15, 0.2) is 0 Å². The third-order valence-corrected chi connectivity index (χ3v) is 5.74. The summed E-state index contributed by atoms with van der Waals surface area (Å²) in [5, 5.41) is 10.9. The van der Waals surface area contributed by atoms with Crippen LogP contribution in [0.5, 0.6) is 0 Å². The first-order valence-electron chi connectivity index (χ1n) is 8.60. The van der Waals surface area contributed by atoms with Crippen LogP contribution in [-0.2, 0) is 6.42 Å². The molecule has 0 bridgehead atoms. The number of hydrogen-bond donors (Lipinski definition) is 1. The Bertz CT molecular complexity index is 476. The molecule has 0 aromatic heterocycles. The molecule has 1 aliphatic carbocycles. The molecule has 2 nitrogen and oxygen atoms in total. The van der Waals surface area contributed by atoms with E-state index < -0.39 is 0 Å². The van der Waals surface area contributed by atoms with Gasteiger partial charge < -0.3 is 5.11 Å². The van der Waals surface area contributed by atoms with Gasteiger partial charge in [0.25, 0.3) is 0 Å². The molecule has 2 heteroatoms. The predicted molar refractivity (Wildman–Crippen MR) is 87.6 cm³/mol. The van der Waals surface area contributed by atoms with Crippen LogP contribution in [0, 0.1) is 0 Å². The van der Waals surface area contributed by atoms with Gasteiger partial charge in [0.05, 0.1) is 6.10 Å². The number of benzene rings is 1. The molecular weight excluding hydrogens is 258 g/mol. The third kappa shape index (κ3) is 3.02. The minimum Gasteiger partial charge on any atom is -0.391 e. The molecule has 21 heavy (non-hydrogen) atoms. The number of rotatable bonds is 4. The van der Waals surface area contributed by atoms with Crippen molar-refractivity contribution in [3.05, 3.63) is 35.4 Å². The largest absolute Gasteiger partial charge is 0.391 e. The van der Waals surface area contributed by atoms with Crippen LogP contribution in [0.2, 0.25) is 0 Å². The lowest BCUT2D eigenvalue weighted by Crippen LogP contribution is -2.51. The number of aliphatic hydroxyl groups is 1. The molecule has 1 fully saturated rings. The molecule has 0 spiro atoms. The van der Waals surface area contributed by atoms with Gasteiger partial charge >= 0.3 is 0 Å². The molecule has 2 atom stereocenters. The summed E-state index contributed by atoms with van der Waals surface area (Å²) in [6.07, 6.45) is 6.92. The molecule has 0 amide bonds. The zero-order valence-corrected chi connectivity index (χ0v) is 13.5. The van der Waals surface area contributed by atoms with E-state index in [0.29, 0.717) is 5.92 Å². The van der Waals surface area contributed by atoms with Crippen molar-refractivity contribution in [1.29, 1.82) is 0 Å². The van der Waals surface area contributed by atoms with E-state index in [9.17, 15) is 5.11 Å². The van der Waals surface area contributed by atoms with Gasteiger partial charge in [-0.15, -0.1) is 0 Å². The van der Waals surface area contributed by atoms with E-state index in [1.807, 2.05) is 0 Å². The Morgan fingerprint density at radius 3 is 2.67 bits per heavy atom. The molecular formula is C19H29NO. The summed E-state index contributed by atoms with van der Waals surface area (Å²) in [6, 6.07) is 8.83. The van der Waals surface area contributed by atoms with Crippen LogP contribution in [-0.4, -0.2) is 34.7 Å². The smallest absolute Gasteiger partial charge is 0.0724 e. The zero-order chi connectivity index (χ0) is 14.9. The van der Waals surface area contributed by atoms with Crippen molar-refractivity contribution in [2.45, 2.75) is 69.9 Å². The monoisotopic (exact) mass is 287 g/mol. The van der Waals surface area contributed by atoms with E-state index in [2.05, 4.69) is 43.0 Å². The fourth-order valence-corrected chi connectivity index (χ4v) is 4.16. The topological polar surface area (TPSA) is 23.5 Å². The fourth-order valence-electron chi connectivity index (χ4n) is 4.16. The molecule has 1 heterocycles. The lowest BCUT2D eigenvalue weighted by molar-refractivity contribution is -0.00668. The van der Waals surface area contributed by atoms with Crippen LogP contribution in [0.3, 0.4) is 0 Å². The molecule has 1 N–H and O–H groups in total. The maximum Gasteiger partial charge on any atom is 0.0724 e. The van der Waals surface area contributed by atoms with Gasteiger partial charge in [-0.05, 0) is 82.5 Å². The Morgan fingerprint density at radius 1 is 1.19 bits per heavy atom. The Hall–Kier alpha value is -0.860. The van der Waals surface area contributed by atoms with Crippen molar-refractivity contribution in [3.8, 4) is 0 Å². The molecule has 116 valence electrons. The lowest BCUT2D eigenvalue weighted by Gasteiger charge is -2.41. The first-order chi connectivity index (χ1) is 10.1. The van der Waals surface area contributed by atoms with E-state index in [4.69, 9.17) is 0 Å². The Labute approximate surface area is 129 Å². The molecule has 2 aliphatic rings. The van der Waals surface area contributed by atoms with Gasteiger partial charge in [-0.1, -0.05) is 24.3 Å². The number of hydrogen-bond acceptors (Lipinski definition) is 2. The highest BCUT2D eigenvalue weighted by molar-refractivity contribution is 5.32. The van der Waals surface area contributed by atoms with Crippen LogP contribution in [0.4, 0.5) is 0 Å². The van der Waals surface area contributed by atoms with E-state index in [1.165, 1.54) is 43.2 Å². The Kier molecular flexibility index (Phi) is 4.37. The molecule has 3 rings (SSSR count). The molecule has 2 unspecified atom stereocenters. The van der Waals surface area contributed by atoms with E-state index in [1.54, 1.807) is 0 Å². The van der Waals surface area contributed by atoms with Crippen LogP contribution in [0.1, 0.15) is 63.0 Å². The summed E-state index contributed by atoms with van der Waals surface area (Å²) < 4.78 is 0. The van der Waals surface area contributed by atoms with Crippen molar-refractivity contribution in [2.75, 3.05) is 13.1 Å². The molecule has 1 saturated heterocycles. The van der Waals surface area contributed by atoms with Crippen molar-refractivity contribution in [2.24, 2.45) is 0 Å². The zero-order valence-electron chi connectivity index (χ0n) is 13.5. The van der Waals surface area contributed by atoms with Crippen molar-refractivity contribution < 1.29 is 5.11 Å². The number of nitrogens with zero attached hydrogens (tertiary/aromatic N) is 1. The first-order valence-corrected chi connectivity index (χ1v) is 8.60. The highest BCUT2D eigenvalue weighted by Gasteiger charge is 2.37. The maximum atomic E-state index is 10.9. The van der Waals surface area contributed by atoms with Gasteiger partial charge in [0.1, 0.15) is 0 Å². The predicted octanol–water partition coefficient (Wildman–Crippen LogP) is 3.73. The molecule has 1 aliphatic heterocycles. The second-order valence-electron chi connectivity index (χ2n) is 7.39. The molecule has 0 saturated carbocycles. The molecule has 0 radical (unpaired) electrons. The number of fused-ring (bicyclic) bond motifs is 1. The fraction of sp³-hybridized carbons (Fsp3) is 0.684. The highest BCUT2D eigenvalue weighted by atomic mass is 16.3. The van der Waals surface area contributed by atoms with Gasteiger partial charge in [-0.2, -0.15) is 0 Å². The Morgan fingerprint density at radius 2 is 1.90 bits per heavy atom. The standard InChI is InChI=1S/C19H29NO/c1-19(2,20-12-5-6-13-20)18(21)14-16-10-7-9-15-8-3-4-11-17(15)16/h3-4,8,11,16,18,21H,5-7,9-10,12-14H2,1-2H3. The van der Waals surface area contributed by atoms with Gasteiger partial charge in [-0.3, -0.25) is 4.90 Å². The van der Waals surface area contributed by atoms with Crippen LogP contribution in [0.15, 0.2) is 24.3 Å². The first kappa shape index (κ1) is 15.1. The highest BCUT2D eigenvalue weighted by Crippen LogP contribution is 2.37. The summed E-state index contributed by atoms with van der Waals surface area (Å²) >= 11 is 0. The van der Waals surface area contributed by atoms with Crippen molar-refractivity contribution in [3.63, 3.8) is 0 Å². The average Bonchev–Trinajstić information content (AvgIpc) is 3.02. The second-order valence-corrected chi connectivity index (χ2v) is 7.39. The summed E-state index contributed by atoms with van der Waals surface area (Å²) in [5.41, 5.74) is 2.89. The lowest BCUT2D eigenvalue weighted by atomic mass is 9.77. The summed E-state index contributed by atoms with van der Waals surface area (Å²) in [6.45, 7) is 6.73. The minimum absolute atomic E-state index is 0.0944. The van der Waals surface area contributed by atoms with Crippen LogP contribution >= 0.6 is 0 Å². The van der Waals surface area contributed by atoms with Gasteiger partial charge in [0.2, 0.25) is 0 Å². The van der Waals surface area contributed by atoms with Crippen LogP contribution < -0.4 is 0 Å². The van der Waals surface area contributed by atoms with E-state index in [0.717, 1.165) is 19.5 Å². The SMILES string of the molecule is CC(C)(C(O)CC1CCCc2ccccc21)N1CCCC1. The second kappa shape index (κ2) is 6.10. The summed E-state index contributed by atoms with van der Waals surface area (Å²) in [7, 11) is 0. The molecule has 1 aromatic rings. The normalized spacial score (nSPS) is 24.8. The molecule has 1 aromatic carbocycles. The average molecular weight is 287 g/mol. The van der Waals surface area contributed by atoms with Gasteiger partial charge in [-0.25, -0.2) is 0 Å². The maximum absolute atomic E-state index is 10.9. The summed E-state index contributed by atoms with van der Waals surface area (Å²) in [5.74, 6) is 0.534. The van der Waals surface area contributed by atoms with Crippen LogP contribution in [0.25, 0.3) is 0 Å². The third-order valence-electron chi connectivity index (χ3n) is 5.74. The quantitative estimate of drug-likeness (QED) is 0.912. The van der Waals surface area contributed by atoms with E-state index in [-0.39, 0.29) is 11.6 Å².